The van der Waals surface area contributed by atoms with Gasteiger partial charge in [-0.05, 0) is 25.3 Å². The van der Waals surface area contributed by atoms with Crippen LogP contribution in [0.3, 0.4) is 0 Å². The fourth-order valence-electron chi connectivity index (χ4n) is 1.85. The third-order valence-corrected chi connectivity index (χ3v) is 3.59. The summed E-state index contributed by atoms with van der Waals surface area (Å²) in [5.41, 5.74) is 0.265. The normalized spacial score (nSPS) is 29.7. The second-order valence-corrected chi connectivity index (χ2v) is 5.08. The number of hydrogen-bond acceptors (Lipinski definition) is 1. The lowest BCUT2D eigenvalue weighted by Crippen LogP contribution is -2.46. The summed E-state index contributed by atoms with van der Waals surface area (Å²) in [6.45, 7) is 9.91. The first-order valence-electron chi connectivity index (χ1n) is 5.04. The van der Waals surface area contributed by atoms with Gasteiger partial charge >= 0.3 is 0 Å². The first-order valence-corrected chi connectivity index (χ1v) is 5.47. The van der Waals surface area contributed by atoms with Gasteiger partial charge in [-0.1, -0.05) is 26.0 Å². The maximum Gasteiger partial charge on any atom is 0.0411 e. The van der Waals surface area contributed by atoms with E-state index in [1.807, 2.05) is 0 Å². The van der Waals surface area contributed by atoms with E-state index in [0.717, 1.165) is 26.1 Å². The quantitative estimate of drug-likeness (QED) is 0.491. The number of allylic oxidation sites excluding steroid dienone is 1. The largest absolute Gasteiger partial charge is 0.299 e. The van der Waals surface area contributed by atoms with Crippen LogP contribution in [-0.4, -0.2) is 29.9 Å². The molecule has 1 unspecified atom stereocenters. The average Bonchev–Trinajstić information content (AvgIpc) is 2.07. The minimum absolute atomic E-state index is 0.265. The van der Waals surface area contributed by atoms with Crippen LogP contribution in [0, 0.1) is 5.41 Å². The number of likely N-dealkylation sites (tertiary alicyclic amines) is 1. The first kappa shape index (κ1) is 11.1. The van der Waals surface area contributed by atoms with E-state index in [2.05, 4.69) is 37.8 Å². The van der Waals surface area contributed by atoms with E-state index in [9.17, 15) is 0 Å². The predicted octanol–water partition coefficient (Wildman–Crippen LogP) is 2.90. The van der Waals surface area contributed by atoms with Gasteiger partial charge in [-0.15, -0.1) is 11.6 Å². The molecule has 0 aromatic carbocycles. The van der Waals surface area contributed by atoms with Gasteiger partial charge in [-0.3, -0.25) is 4.90 Å². The molecule has 13 heavy (non-hydrogen) atoms. The molecule has 0 aliphatic carbocycles. The minimum Gasteiger partial charge on any atom is -0.299 e. The maximum atomic E-state index is 6.26. The van der Waals surface area contributed by atoms with E-state index in [4.69, 9.17) is 11.6 Å². The van der Waals surface area contributed by atoms with Crippen LogP contribution in [0.4, 0.5) is 0 Å². The van der Waals surface area contributed by atoms with Crippen LogP contribution in [0.1, 0.15) is 27.2 Å². The number of nitrogens with zero attached hydrogens (tertiary/aromatic N) is 1. The molecule has 1 aliphatic heterocycles. The molecule has 1 fully saturated rings. The van der Waals surface area contributed by atoms with Crippen LogP contribution in [0.25, 0.3) is 0 Å². The van der Waals surface area contributed by atoms with Crippen LogP contribution in [-0.2, 0) is 0 Å². The van der Waals surface area contributed by atoms with Gasteiger partial charge in [0.05, 0.1) is 0 Å². The van der Waals surface area contributed by atoms with Crippen molar-refractivity contribution in [1.29, 1.82) is 0 Å². The fraction of sp³-hybridized carbons (Fsp3) is 0.818. The molecular weight excluding hydrogens is 182 g/mol. The summed E-state index contributed by atoms with van der Waals surface area (Å²) in [4.78, 5) is 2.47. The summed E-state index contributed by atoms with van der Waals surface area (Å²) in [5, 5.41) is 0.342. The van der Waals surface area contributed by atoms with Gasteiger partial charge in [-0.2, -0.15) is 0 Å². The van der Waals surface area contributed by atoms with Gasteiger partial charge in [0.1, 0.15) is 0 Å². The van der Waals surface area contributed by atoms with Gasteiger partial charge < -0.3 is 0 Å². The third kappa shape index (κ3) is 2.99. The topological polar surface area (TPSA) is 3.24 Å². The average molecular weight is 202 g/mol. The highest BCUT2D eigenvalue weighted by Gasteiger charge is 2.33. The Morgan fingerprint density at radius 2 is 2.23 bits per heavy atom. The van der Waals surface area contributed by atoms with E-state index < -0.39 is 0 Å². The molecule has 1 aliphatic rings. The molecule has 1 heterocycles. The Morgan fingerprint density at radius 1 is 1.54 bits per heavy atom. The standard InChI is InChI=1S/C11H20ClN/c1-4-5-7-13-8-6-10(12)11(2,3)9-13/h4-5,10H,6-9H2,1-3H3/b5-4+. The van der Waals surface area contributed by atoms with Crippen LogP contribution in [0.15, 0.2) is 12.2 Å². The van der Waals surface area contributed by atoms with Crippen molar-refractivity contribution in [3.63, 3.8) is 0 Å². The van der Waals surface area contributed by atoms with Gasteiger partial charge in [0, 0.05) is 18.5 Å². The highest BCUT2D eigenvalue weighted by Crippen LogP contribution is 2.32. The highest BCUT2D eigenvalue weighted by atomic mass is 35.5. The summed E-state index contributed by atoms with van der Waals surface area (Å²) < 4.78 is 0. The van der Waals surface area contributed by atoms with Gasteiger partial charge in [0.2, 0.25) is 0 Å². The molecule has 0 spiro atoms. The molecule has 0 aromatic heterocycles. The van der Waals surface area contributed by atoms with Crippen molar-refractivity contribution in [2.45, 2.75) is 32.6 Å². The molecule has 1 rings (SSSR count). The van der Waals surface area contributed by atoms with Crippen LogP contribution in [0.2, 0.25) is 0 Å². The first-order chi connectivity index (χ1) is 6.06. The van der Waals surface area contributed by atoms with E-state index >= 15 is 0 Å². The molecule has 0 amide bonds. The fourth-order valence-corrected chi connectivity index (χ4v) is 2.02. The van der Waals surface area contributed by atoms with E-state index in [1.165, 1.54) is 0 Å². The molecule has 0 bridgehead atoms. The maximum absolute atomic E-state index is 6.26. The second-order valence-electron chi connectivity index (χ2n) is 4.55. The number of hydrogen-bond donors (Lipinski definition) is 0. The molecule has 0 saturated carbocycles. The predicted molar refractivity (Wildman–Crippen MR) is 59.3 cm³/mol. The Kier molecular flexibility index (Phi) is 3.81. The van der Waals surface area contributed by atoms with Crippen LogP contribution >= 0.6 is 11.6 Å². The minimum atomic E-state index is 0.265. The van der Waals surface area contributed by atoms with E-state index in [0.29, 0.717) is 5.38 Å². The number of halogens is 1. The lowest BCUT2D eigenvalue weighted by atomic mass is 9.83. The SMILES string of the molecule is C/C=C/CN1CCC(Cl)C(C)(C)C1. The zero-order chi connectivity index (χ0) is 9.90. The summed E-state index contributed by atoms with van der Waals surface area (Å²) in [6.07, 6.45) is 5.44. The number of piperidine rings is 1. The smallest absolute Gasteiger partial charge is 0.0411 e. The van der Waals surface area contributed by atoms with E-state index in [1.54, 1.807) is 0 Å². The number of alkyl halides is 1. The second kappa shape index (κ2) is 4.47. The molecule has 1 saturated heterocycles. The molecule has 0 N–H and O–H groups in total. The van der Waals surface area contributed by atoms with Crippen molar-refractivity contribution in [1.82, 2.24) is 4.90 Å². The Bertz CT molecular complexity index is 187. The van der Waals surface area contributed by atoms with Gasteiger partial charge in [0.25, 0.3) is 0 Å². The van der Waals surface area contributed by atoms with Gasteiger partial charge in [0.15, 0.2) is 0 Å². The third-order valence-electron chi connectivity index (χ3n) is 2.78. The van der Waals surface area contributed by atoms with Crippen LogP contribution in [0.5, 0.6) is 0 Å². The van der Waals surface area contributed by atoms with Crippen molar-refractivity contribution in [3.8, 4) is 0 Å². The molecular formula is C11H20ClN. The lowest BCUT2D eigenvalue weighted by Gasteiger charge is -2.41. The van der Waals surface area contributed by atoms with Crippen molar-refractivity contribution in [2.75, 3.05) is 19.6 Å². The monoisotopic (exact) mass is 201 g/mol. The number of rotatable bonds is 2. The van der Waals surface area contributed by atoms with E-state index in [-0.39, 0.29) is 5.41 Å². The van der Waals surface area contributed by atoms with Crippen LogP contribution < -0.4 is 0 Å². The van der Waals surface area contributed by atoms with Crippen molar-refractivity contribution in [2.24, 2.45) is 5.41 Å². The summed E-state index contributed by atoms with van der Waals surface area (Å²) in [7, 11) is 0. The Labute approximate surface area is 86.8 Å². The Balaban J connectivity index is 2.46. The van der Waals surface area contributed by atoms with Crippen molar-refractivity contribution in [3.05, 3.63) is 12.2 Å². The summed E-state index contributed by atoms with van der Waals surface area (Å²) >= 11 is 6.26. The molecule has 0 aromatic rings. The Hall–Kier alpha value is -0.0100. The highest BCUT2D eigenvalue weighted by molar-refractivity contribution is 6.21. The van der Waals surface area contributed by atoms with Gasteiger partial charge in [-0.25, -0.2) is 0 Å². The van der Waals surface area contributed by atoms with Crippen molar-refractivity contribution < 1.29 is 0 Å². The summed E-state index contributed by atoms with van der Waals surface area (Å²) in [5.74, 6) is 0. The zero-order valence-corrected chi connectivity index (χ0v) is 9.64. The molecule has 0 radical (unpaired) electrons. The molecule has 76 valence electrons. The zero-order valence-electron chi connectivity index (χ0n) is 8.89. The van der Waals surface area contributed by atoms with Crippen molar-refractivity contribution >= 4 is 11.6 Å². The Morgan fingerprint density at radius 3 is 2.77 bits per heavy atom. The molecule has 1 atom stereocenters. The molecule has 2 heteroatoms. The summed E-state index contributed by atoms with van der Waals surface area (Å²) in [6, 6.07) is 0. The molecule has 1 nitrogen and oxygen atoms in total. The lowest BCUT2D eigenvalue weighted by molar-refractivity contribution is 0.134.